The Balaban J connectivity index is 2.83. The summed E-state index contributed by atoms with van der Waals surface area (Å²) in [5, 5.41) is 2.80. The summed E-state index contributed by atoms with van der Waals surface area (Å²) >= 11 is 3.35. The molecule has 6 heteroatoms. The molecular weight excluding hydrogens is 324 g/mol. The van der Waals surface area contributed by atoms with Crippen LogP contribution in [0.3, 0.4) is 0 Å². The van der Waals surface area contributed by atoms with Gasteiger partial charge in [-0.05, 0) is 54.9 Å². The molecule has 1 rings (SSSR count). The summed E-state index contributed by atoms with van der Waals surface area (Å²) in [5.74, 6) is -0.380. The molecule has 0 atom stereocenters. The van der Waals surface area contributed by atoms with Crippen molar-refractivity contribution in [2.24, 2.45) is 0 Å². The second kappa shape index (κ2) is 7.89. The molecule has 0 aliphatic carbocycles. The molecule has 0 saturated heterocycles. The number of carbonyl (C=O) groups excluding carboxylic acids is 2. The fourth-order valence-corrected chi connectivity index (χ4v) is 2.14. The fourth-order valence-electron chi connectivity index (χ4n) is 1.66. The number of hydrogen-bond donors (Lipinski definition) is 1. The number of halogens is 1. The summed E-state index contributed by atoms with van der Waals surface area (Å²) < 4.78 is 5.56. The SMILES string of the molecule is CCOC(=O)c1ccc(NC(=O)N(CC)CC)c(Br)c1. The lowest BCUT2D eigenvalue weighted by Crippen LogP contribution is -2.34. The van der Waals surface area contributed by atoms with Crippen LogP contribution in [0, 0.1) is 0 Å². The molecule has 0 spiro atoms. The zero-order chi connectivity index (χ0) is 15.1. The van der Waals surface area contributed by atoms with Gasteiger partial charge in [0.15, 0.2) is 0 Å². The average molecular weight is 343 g/mol. The summed E-state index contributed by atoms with van der Waals surface area (Å²) in [4.78, 5) is 25.2. The van der Waals surface area contributed by atoms with Crippen molar-refractivity contribution >= 4 is 33.6 Å². The number of ether oxygens (including phenoxy) is 1. The van der Waals surface area contributed by atoms with Gasteiger partial charge >= 0.3 is 12.0 Å². The first-order valence-corrected chi connectivity index (χ1v) is 7.35. The molecule has 1 aromatic rings. The van der Waals surface area contributed by atoms with E-state index in [0.29, 0.717) is 35.4 Å². The Morgan fingerprint density at radius 3 is 2.40 bits per heavy atom. The molecule has 0 unspecified atom stereocenters. The Bertz CT molecular complexity index is 487. The molecule has 0 aliphatic rings. The monoisotopic (exact) mass is 342 g/mol. The van der Waals surface area contributed by atoms with E-state index in [0.717, 1.165) is 0 Å². The summed E-state index contributed by atoms with van der Waals surface area (Å²) in [5.41, 5.74) is 1.06. The van der Waals surface area contributed by atoms with Crippen LogP contribution in [0.5, 0.6) is 0 Å². The fraction of sp³-hybridized carbons (Fsp3) is 0.429. The molecule has 0 fully saturated rings. The first kappa shape index (κ1) is 16.5. The van der Waals surface area contributed by atoms with E-state index in [1.165, 1.54) is 0 Å². The van der Waals surface area contributed by atoms with Crippen molar-refractivity contribution in [2.75, 3.05) is 25.0 Å². The smallest absolute Gasteiger partial charge is 0.338 e. The van der Waals surface area contributed by atoms with Gasteiger partial charge in [0.05, 0.1) is 17.9 Å². The Morgan fingerprint density at radius 1 is 1.25 bits per heavy atom. The zero-order valence-electron chi connectivity index (χ0n) is 11.9. The number of anilines is 1. The maximum absolute atomic E-state index is 12.0. The van der Waals surface area contributed by atoms with Gasteiger partial charge < -0.3 is 15.0 Å². The van der Waals surface area contributed by atoms with Crippen LogP contribution < -0.4 is 5.32 Å². The standard InChI is InChI=1S/C14H19BrN2O3/c1-4-17(5-2)14(19)16-12-8-7-10(9-11(12)15)13(18)20-6-3/h7-9H,4-6H2,1-3H3,(H,16,19). The van der Waals surface area contributed by atoms with E-state index in [4.69, 9.17) is 4.74 Å². The maximum Gasteiger partial charge on any atom is 0.338 e. The molecule has 110 valence electrons. The molecule has 0 heterocycles. The topological polar surface area (TPSA) is 58.6 Å². The molecular formula is C14H19BrN2O3. The van der Waals surface area contributed by atoms with Crippen LogP contribution >= 0.6 is 15.9 Å². The number of hydrogen-bond acceptors (Lipinski definition) is 3. The minimum absolute atomic E-state index is 0.167. The van der Waals surface area contributed by atoms with Gasteiger partial charge in [-0.25, -0.2) is 9.59 Å². The van der Waals surface area contributed by atoms with Crippen LogP contribution in [-0.2, 0) is 4.74 Å². The van der Waals surface area contributed by atoms with Crippen LogP contribution in [0.4, 0.5) is 10.5 Å². The Kier molecular flexibility index (Phi) is 6.51. The summed E-state index contributed by atoms with van der Waals surface area (Å²) in [6.07, 6.45) is 0. The average Bonchev–Trinajstić information content (AvgIpc) is 2.42. The van der Waals surface area contributed by atoms with Gasteiger partial charge in [0, 0.05) is 17.6 Å². The van der Waals surface area contributed by atoms with Gasteiger partial charge in [-0.3, -0.25) is 0 Å². The molecule has 20 heavy (non-hydrogen) atoms. The third-order valence-electron chi connectivity index (χ3n) is 2.77. The normalized spacial score (nSPS) is 10.0. The highest BCUT2D eigenvalue weighted by molar-refractivity contribution is 9.10. The molecule has 0 aromatic heterocycles. The highest BCUT2D eigenvalue weighted by Crippen LogP contribution is 2.24. The number of rotatable bonds is 5. The van der Waals surface area contributed by atoms with Crippen LogP contribution in [0.2, 0.25) is 0 Å². The van der Waals surface area contributed by atoms with E-state index >= 15 is 0 Å². The number of benzene rings is 1. The van der Waals surface area contributed by atoms with Crippen molar-refractivity contribution in [3.8, 4) is 0 Å². The van der Waals surface area contributed by atoms with Crippen LogP contribution in [-0.4, -0.2) is 36.6 Å². The van der Waals surface area contributed by atoms with Crippen molar-refractivity contribution in [1.82, 2.24) is 4.90 Å². The predicted molar refractivity (Wildman–Crippen MR) is 82.0 cm³/mol. The molecule has 0 saturated carbocycles. The van der Waals surface area contributed by atoms with Gasteiger partial charge in [-0.2, -0.15) is 0 Å². The highest BCUT2D eigenvalue weighted by atomic mass is 79.9. The van der Waals surface area contributed by atoms with Gasteiger partial charge in [-0.15, -0.1) is 0 Å². The third-order valence-corrected chi connectivity index (χ3v) is 3.43. The predicted octanol–water partition coefficient (Wildman–Crippen LogP) is 3.50. The van der Waals surface area contributed by atoms with Gasteiger partial charge in [0.25, 0.3) is 0 Å². The van der Waals surface area contributed by atoms with Gasteiger partial charge in [0.1, 0.15) is 0 Å². The molecule has 1 N–H and O–H groups in total. The van der Waals surface area contributed by atoms with Gasteiger partial charge in [-0.1, -0.05) is 0 Å². The Morgan fingerprint density at radius 2 is 1.90 bits per heavy atom. The minimum Gasteiger partial charge on any atom is -0.462 e. The molecule has 0 bridgehead atoms. The largest absolute Gasteiger partial charge is 0.462 e. The summed E-state index contributed by atoms with van der Waals surface area (Å²) in [6.45, 7) is 7.20. The lowest BCUT2D eigenvalue weighted by atomic mass is 10.2. The summed E-state index contributed by atoms with van der Waals surface area (Å²) in [7, 11) is 0. The molecule has 0 radical (unpaired) electrons. The zero-order valence-corrected chi connectivity index (χ0v) is 13.5. The van der Waals surface area contributed by atoms with Crippen LogP contribution in [0.1, 0.15) is 31.1 Å². The van der Waals surface area contributed by atoms with Crippen LogP contribution in [0.15, 0.2) is 22.7 Å². The van der Waals surface area contributed by atoms with E-state index in [9.17, 15) is 9.59 Å². The lowest BCUT2D eigenvalue weighted by Gasteiger charge is -2.19. The quantitative estimate of drug-likeness (QED) is 0.833. The number of esters is 1. The third kappa shape index (κ3) is 4.23. The molecule has 2 amide bonds. The maximum atomic E-state index is 12.0. The number of carbonyl (C=O) groups is 2. The molecule has 0 aliphatic heterocycles. The van der Waals surface area contributed by atoms with Crippen molar-refractivity contribution in [1.29, 1.82) is 0 Å². The lowest BCUT2D eigenvalue weighted by molar-refractivity contribution is 0.0526. The van der Waals surface area contributed by atoms with Crippen molar-refractivity contribution in [2.45, 2.75) is 20.8 Å². The second-order valence-electron chi connectivity index (χ2n) is 4.02. The Hall–Kier alpha value is -1.56. The van der Waals surface area contributed by atoms with E-state index in [2.05, 4.69) is 21.2 Å². The van der Waals surface area contributed by atoms with Crippen molar-refractivity contribution in [3.63, 3.8) is 0 Å². The first-order valence-electron chi connectivity index (χ1n) is 6.56. The van der Waals surface area contributed by atoms with E-state index in [-0.39, 0.29) is 12.0 Å². The highest BCUT2D eigenvalue weighted by Gasteiger charge is 2.13. The van der Waals surface area contributed by atoms with E-state index < -0.39 is 0 Å². The second-order valence-corrected chi connectivity index (χ2v) is 4.87. The molecule has 1 aromatic carbocycles. The van der Waals surface area contributed by atoms with E-state index in [1.54, 1.807) is 30.0 Å². The first-order chi connectivity index (χ1) is 9.53. The number of amides is 2. The summed E-state index contributed by atoms with van der Waals surface area (Å²) in [6, 6.07) is 4.77. The molecule has 5 nitrogen and oxygen atoms in total. The van der Waals surface area contributed by atoms with Crippen molar-refractivity contribution in [3.05, 3.63) is 28.2 Å². The number of nitrogens with one attached hydrogen (secondary N) is 1. The number of nitrogens with zero attached hydrogens (tertiary/aromatic N) is 1. The van der Waals surface area contributed by atoms with Crippen LogP contribution in [0.25, 0.3) is 0 Å². The van der Waals surface area contributed by atoms with Gasteiger partial charge in [0.2, 0.25) is 0 Å². The van der Waals surface area contributed by atoms with E-state index in [1.807, 2.05) is 13.8 Å². The number of urea groups is 1. The minimum atomic E-state index is -0.380. The Labute approximate surface area is 127 Å². The van der Waals surface area contributed by atoms with Crippen molar-refractivity contribution < 1.29 is 14.3 Å².